The summed E-state index contributed by atoms with van der Waals surface area (Å²) in [5, 5.41) is 0. The molecule has 0 bridgehead atoms. The Morgan fingerprint density at radius 3 is 2.42 bits per heavy atom. The van der Waals surface area contributed by atoms with Gasteiger partial charge in [-0.25, -0.2) is 9.69 Å². The molecule has 0 N–H and O–H groups in total. The molecule has 0 aromatic heterocycles. The Hall–Kier alpha value is 0.206. The number of carbonyl (C=O) groups is 3. The van der Waals surface area contributed by atoms with Crippen molar-refractivity contribution in [2.45, 2.75) is 32.8 Å². The zero-order chi connectivity index (χ0) is 13.9. The molecule has 1 aliphatic heterocycles. The van der Waals surface area contributed by atoms with Gasteiger partial charge in [0.15, 0.2) is 5.78 Å². The van der Waals surface area contributed by atoms with Gasteiger partial charge in [0.25, 0.3) is 0 Å². The molecule has 0 saturated carbocycles. The van der Waals surface area contributed by atoms with Gasteiger partial charge in [0.05, 0.1) is 0 Å². The summed E-state index contributed by atoms with van der Waals surface area (Å²) < 4.78 is 9.81. The van der Waals surface area contributed by atoms with Crippen molar-refractivity contribution in [2.24, 2.45) is 5.92 Å². The number of imide groups is 1. The number of Topliss-reactive ketones (excluding diaryl/α,β-unsaturated/α-hetero) is 1. The molecule has 1 unspecified atom stereocenters. The molecule has 1 saturated heterocycles. The van der Waals surface area contributed by atoms with Crippen molar-refractivity contribution in [3.8, 4) is 0 Å². The molecular formula is C12H20KNO5. The van der Waals surface area contributed by atoms with Crippen LogP contribution in [0.2, 0.25) is 0 Å². The molecular weight excluding hydrogens is 277 g/mol. The third-order valence-electron chi connectivity index (χ3n) is 2.49. The third kappa shape index (κ3) is 5.61. The summed E-state index contributed by atoms with van der Waals surface area (Å²) >= 11 is 0. The predicted molar refractivity (Wildman–Crippen MR) is 70.1 cm³/mol. The second-order valence-electron chi connectivity index (χ2n) is 5.21. The standard InChI is InChI=1S/C12H19NO5.K.H/c1-12(2,3)18-11(16)13-6-5-8(10(13)15)9(14)7-17-4;;/h8H,5-7H2,1-4H3;;. The van der Waals surface area contributed by atoms with Crippen molar-refractivity contribution in [2.75, 3.05) is 20.3 Å². The van der Waals surface area contributed by atoms with E-state index < -0.39 is 23.5 Å². The van der Waals surface area contributed by atoms with Gasteiger partial charge in [0.1, 0.15) is 18.1 Å². The van der Waals surface area contributed by atoms with Crippen LogP contribution in [0.3, 0.4) is 0 Å². The maximum absolute atomic E-state index is 11.9. The molecule has 2 amide bonds. The van der Waals surface area contributed by atoms with E-state index in [1.165, 1.54) is 7.11 Å². The summed E-state index contributed by atoms with van der Waals surface area (Å²) in [6.07, 6.45) is -0.361. The quantitative estimate of drug-likeness (QED) is 0.555. The average molecular weight is 297 g/mol. The molecule has 104 valence electrons. The molecule has 1 aliphatic rings. The van der Waals surface area contributed by atoms with E-state index in [4.69, 9.17) is 9.47 Å². The van der Waals surface area contributed by atoms with Crippen molar-refractivity contribution >= 4 is 69.2 Å². The second kappa shape index (κ2) is 7.85. The Morgan fingerprint density at radius 2 is 1.95 bits per heavy atom. The maximum atomic E-state index is 11.9. The van der Waals surface area contributed by atoms with Gasteiger partial charge >= 0.3 is 57.5 Å². The normalized spacial score (nSPS) is 19.1. The average Bonchev–Trinajstić information content (AvgIpc) is 2.57. The van der Waals surface area contributed by atoms with E-state index >= 15 is 0 Å². The van der Waals surface area contributed by atoms with Crippen molar-refractivity contribution in [1.29, 1.82) is 0 Å². The molecule has 7 heteroatoms. The van der Waals surface area contributed by atoms with Gasteiger partial charge in [-0.2, -0.15) is 0 Å². The fourth-order valence-electron chi connectivity index (χ4n) is 1.72. The summed E-state index contributed by atoms with van der Waals surface area (Å²) in [4.78, 5) is 36.2. The molecule has 0 aromatic rings. The predicted octanol–water partition coefficient (Wildman–Crippen LogP) is 0.337. The Morgan fingerprint density at radius 1 is 1.37 bits per heavy atom. The number of ether oxygens (including phenoxy) is 2. The van der Waals surface area contributed by atoms with Gasteiger partial charge in [-0.05, 0) is 27.2 Å². The minimum absolute atomic E-state index is 0. The topological polar surface area (TPSA) is 72.9 Å². The zero-order valence-electron chi connectivity index (χ0n) is 11.2. The number of likely N-dealkylation sites (tertiary alicyclic amines) is 1. The van der Waals surface area contributed by atoms with E-state index in [0.29, 0.717) is 6.42 Å². The summed E-state index contributed by atoms with van der Waals surface area (Å²) in [6, 6.07) is 0. The summed E-state index contributed by atoms with van der Waals surface area (Å²) in [6.45, 7) is 5.27. The SMILES string of the molecule is COCC(=O)C1CCN(C(=O)OC(C)(C)C)C1=O.[KH]. The molecule has 0 aliphatic carbocycles. The fraction of sp³-hybridized carbons (Fsp3) is 0.750. The molecule has 1 heterocycles. The van der Waals surface area contributed by atoms with Crippen LogP contribution >= 0.6 is 0 Å². The summed E-state index contributed by atoms with van der Waals surface area (Å²) in [7, 11) is 1.39. The van der Waals surface area contributed by atoms with E-state index in [-0.39, 0.29) is 70.3 Å². The molecule has 1 atom stereocenters. The molecule has 1 rings (SSSR count). The van der Waals surface area contributed by atoms with Gasteiger partial charge in [-0.15, -0.1) is 0 Å². The van der Waals surface area contributed by atoms with Crippen LogP contribution in [-0.2, 0) is 19.1 Å². The van der Waals surface area contributed by atoms with Crippen molar-refractivity contribution in [3.05, 3.63) is 0 Å². The number of hydrogen-bond acceptors (Lipinski definition) is 5. The first-order valence-electron chi connectivity index (χ1n) is 5.82. The van der Waals surface area contributed by atoms with Gasteiger partial charge < -0.3 is 9.47 Å². The van der Waals surface area contributed by atoms with Crippen LogP contribution in [0.1, 0.15) is 27.2 Å². The van der Waals surface area contributed by atoms with Crippen LogP contribution in [0.25, 0.3) is 0 Å². The minimum atomic E-state index is -0.780. The first-order chi connectivity index (χ1) is 8.26. The number of methoxy groups -OCH3 is 1. The van der Waals surface area contributed by atoms with Gasteiger partial charge in [0, 0.05) is 13.7 Å². The zero-order valence-corrected chi connectivity index (χ0v) is 11.2. The van der Waals surface area contributed by atoms with Crippen molar-refractivity contribution < 1.29 is 23.9 Å². The number of amides is 2. The van der Waals surface area contributed by atoms with Crippen LogP contribution < -0.4 is 0 Å². The van der Waals surface area contributed by atoms with E-state index in [1.54, 1.807) is 20.8 Å². The summed E-state index contributed by atoms with van der Waals surface area (Å²) in [5.74, 6) is -1.57. The van der Waals surface area contributed by atoms with E-state index in [0.717, 1.165) is 4.90 Å². The Kier molecular flexibility index (Phi) is 7.93. The summed E-state index contributed by atoms with van der Waals surface area (Å²) in [5.41, 5.74) is -0.661. The first-order valence-corrected chi connectivity index (χ1v) is 5.82. The first kappa shape index (κ1) is 19.2. The number of nitrogens with zero attached hydrogens (tertiary/aromatic N) is 1. The monoisotopic (exact) mass is 297 g/mol. The van der Waals surface area contributed by atoms with Gasteiger partial charge in [-0.3, -0.25) is 9.59 Å². The molecule has 0 radical (unpaired) electrons. The van der Waals surface area contributed by atoms with Crippen LogP contribution in [0, 0.1) is 5.92 Å². The van der Waals surface area contributed by atoms with E-state index in [1.807, 2.05) is 0 Å². The number of rotatable bonds is 3. The van der Waals surface area contributed by atoms with Crippen molar-refractivity contribution in [3.63, 3.8) is 0 Å². The molecule has 6 nitrogen and oxygen atoms in total. The van der Waals surface area contributed by atoms with Crippen LogP contribution in [-0.4, -0.2) is 99.9 Å². The second-order valence-corrected chi connectivity index (χ2v) is 5.21. The molecule has 0 aromatic carbocycles. The Labute approximate surface area is 155 Å². The van der Waals surface area contributed by atoms with Crippen LogP contribution in [0.5, 0.6) is 0 Å². The number of ketones is 1. The third-order valence-corrected chi connectivity index (χ3v) is 2.49. The number of carbonyl (C=O) groups excluding carboxylic acids is 3. The van der Waals surface area contributed by atoms with Gasteiger partial charge in [0.2, 0.25) is 5.91 Å². The Bertz CT molecular complexity index is 364. The van der Waals surface area contributed by atoms with Crippen LogP contribution in [0.15, 0.2) is 0 Å². The number of hydrogen-bond donors (Lipinski definition) is 0. The van der Waals surface area contributed by atoms with Gasteiger partial charge in [-0.1, -0.05) is 0 Å². The Balaban J connectivity index is 0.00000324. The van der Waals surface area contributed by atoms with E-state index in [2.05, 4.69) is 0 Å². The van der Waals surface area contributed by atoms with Crippen molar-refractivity contribution in [1.82, 2.24) is 4.90 Å². The molecule has 1 fully saturated rings. The van der Waals surface area contributed by atoms with Crippen LogP contribution in [0.4, 0.5) is 4.79 Å². The van der Waals surface area contributed by atoms with E-state index in [9.17, 15) is 14.4 Å². The molecule has 0 spiro atoms. The fourth-order valence-corrected chi connectivity index (χ4v) is 1.72. The molecule has 19 heavy (non-hydrogen) atoms.